The number of benzene rings is 14. The summed E-state index contributed by atoms with van der Waals surface area (Å²) in [4.78, 5) is 9.47. The molecule has 0 fully saturated rings. The molecule has 0 saturated carbocycles. The molecule has 18 aromatic rings. The van der Waals surface area contributed by atoms with Gasteiger partial charge >= 0.3 is 0 Å². The van der Waals surface area contributed by atoms with Crippen molar-refractivity contribution in [1.29, 1.82) is 0 Å². The monoisotopic (exact) mass is 1260 g/mol. The van der Waals surface area contributed by atoms with E-state index in [1.165, 1.54) is 83.0 Å². The second-order valence-electron chi connectivity index (χ2n) is 23.7. The third-order valence-corrected chi connectivity index (χ3v) is 21.2. The molecule has 0 spiro atoms. The highest BCUT2D eigenvalue weighted by atomic mass is 32.1. The van der Waals surface area contributed by atoms with Crippen LogP contribution in [0, 0.1) is 13.8 Å². The maximum absolute atomic E-state index is 6.17. The van der Waals surface area contributed by atoms with E-state index in [0.29, 0.717) is 0 Å². The fourth-order valence-corrected chi connectivity index (χ4v) is 17.2. The summed E-state index contributed by atoms with van der Waals surface area (Å²) in [5.74, 6) is 0. The molecular formula is C86H60N4OS3. The molecule has 4 heterocycles. The molecule has 5 nitrogen and oxygen atoms in total. The van der Waals surface area contributed by atoms with Crippen molar-refractivity contribution in [2.24, 2.45) is 0 Å². The van der Waals surface area contributed by atoms with E-state index < -0.39 is 0 Å². The van der Waals surface area contributed by atoms with Crippen LogP contribution in [0.4, 0.5) is 68.2 Å². The predicted octanol–water partition coefficient (Wildman–Crippen LogP) is 26.9. The Bertz CT molecular complexity index is 5710. The largest absolute Gasteiger partial charge is 0.456 e. The van der Waals surface area contributed by atoms with Crippen LogP contribution in [0.15, 0.2) is 332 Å². The molecule has 0 radical (unpaired) electrons. The van der Waals surface area contributed by atoms with Crippen molar-refractivity contribution in [3.05, 3.63) is 339 Å². The Labute approximate surface area is 557 Å². The van der Waals surface area contributed by atoms with E-state index in [1.807, 2.05) is 46.1 Å². The van der Waals surface area contributed by atoms with Crippen LogP contribution >= 0.6 is 34.0 Å². The van der Waals surface area contributed by atoms with Crippen molar-refractivity contribution in [2.75, 3.05) is 19.6 Å². The highest BCUT2D eigenvalue weighted by Gasteiger charge is 2.24. The van der Waals surface area contributed by atoms with Crippen molar-refractivity contribution in [3.63, 3.8) is 0 Å². The van der Waals surface area contributed by atoms with E-state index in [1.54, 1.807) is 0 Å². The van der Waals surface area contributed by atoms with Crippen molar-refractivity contribution >= 4 is 185 Å². The van der Waals surface area contributed by atoms with Gasteiger partial charge in [0.15, 0.2) is 0 Å². The molecule has 18 rings (SSSR count). The summed E-state index contributed by atoms with van der Waals surface area (Å²) in [6.45, 7) is 4.51. The molecule has 0 aliphatic rings. The first-order valence-electron chi connectivity index (χ1n) is 31.7. The quantitative estimate of drug-likeness (QED) is 0.121. The number of thiophene rings is 3. The van der Waals surface area contributed by atoms with Gasteiger partial charge in [0.05, 0.1) is 5.69 Å². The Hall–Kier alpha value is -11.3. The molecule has 8 heteroatoms. The number of para-hydroxylation sites is 7. The molecule has 0 unspecified atom stereocenters. The van der Waals surface area contributed by atoms with E-state index >= 15 is 0 Å². The molecule has 0 atom stereocenters. The molecule has 94 heavy (non-hydrogen) atoms. The molecule has 0 aliphatic carbocycles. The summed E-state index contributed by atoms with van der Waals surface area (Å²) in [7, 11) is 0. The van der Waals surface area contributed by atoms with Crippen LogP contribution in [0.1, 0.15) is 11.1 Å². The van der Waals surface area contributed by atoms with Gasteiger partial charge in [0.1, 0.15) is 11.2 Å². The van der Waals surface area contributed by atoms with Crippen LogP contribution in [0.5, 0.6) is 0 Å². The topological polar surface area (TPSA) is 26.1 Å². The number of fused-ring (bicyclic) bond motifs is 12. The van der Waals surface area contributed by atoms with Crippen LogP contribution in [-0.4, -0.2) is 0 Å². The zero-order chi connectivity index (χ0) is 62.6. The normalized spacial score (nSPS) is 11.5. The van der Waals surface area contributed by atoms with E-state index in [2.05, 4.69) is 349 Å². The van der Waals surface area contributed by atoms with E-state index in [4.69, 9.17) is 4.42 Å². The van der Waals surface area contributed by atoms with Crippen LogP contribution in [-0.2, 0) is 0 Å². The van der Waals surface area contributed by atoms with Crippen LogP contribution < -0.4 is 19.6 Å². The number of anilines is 12. The zero-order valence-electron chi connectivity index (χ0n) is 51.6. The van der Waals surface area contributed by atoms with Gasteiger partial charge in [-0.15, -0.1) is 34.0 Å². The highest BCUT2D eigenvalue weighted by Crippen LogP contribution is 2.50. The molecule has 448 valence electrons. The van der Waals surface area contributed by atoms with Crippen molar-refractivity contribution in [3.8, 4) is 0 Å². The minimum Gasteiger partial charge on any atom is -0.456 e. The first-order chi connectivity index (χ1) is 46.4. The van der Waals surface area contributed by atoms with Gasteiger partial charge in [0, 0.05) is 134 Å². The number of hydrogen-bond donors (Lipinski definition) is 0. The molecule has 0 aliphatic heterocycles. The van der Waals surface area contributed by atoms with Gasteiger partial charge in [0.2, 0.25) is 0 Å². The molecule has 0 bridgehead atoms. The second kappa shape index (κ2) is 24.1. The summed E-state index contributed by atoms with van der Waals surface area (Å²) in [6, 6.07) is 117. The zero-order valence-corrected chi connectivity index (χ0v) is 54.0. The third-order valence-electron chi connectivity index (χ3n) is 17.8. The first kappa shape index (κ1) is 56.7. The fraction of sp³-hybridized carbons (Fsp3) is 0.0233. The Morgan fingerprint density at radius 3 is 1.05 bits per heavy atom. The second-order valence-corrected chi connectivity index (χ2v) is 27.0. The first-order valence-corrected chi connectivity index (χ1v) is 34.2. The average Bonchev–Trinajstić information content (AvgIpc) is 1.55. The lowest BCUT2D eigenvalue weighted by atomic mass is 10.0. The van der Waals surface area contributed by atoms with Gasteiger partial charge in [-0.1, -0.05) is 152 Å². The van der Waals surface area contributed by atoms with E-state index in [-0.39, 0.29) is 0 Å². The smallest absolute Gasteiger partial charge is 0.135 e. The molecule has 4 aromatic heterocycles. The minimum absolute atomic E-state index is 0.898. The predicted molar refractivity (Wildman–Crippen MR) is 407 cm³/mol. The van der Waals surface area contributed by atoms with Gasteiger partial charge in [-0.3, -0.25) is 0 Å². The van der Waals surface area contributed by atoms with Crippen LogP contribution in [0.25, 0.3) is 82.5 Å². The Kier molecular flexibility index (Phi) is 14.5. The molecule has 0 saturated heterocycles. The summed E-state index contributed by atoms with van der Waals surface area (Å²) < 4.78 is 13.9. The summed E-state index contributed by atoms with van der Waals surface area (Å²) in [5, 5.41) is 10.1. The van der Waals surface area contributed by atoms with Crippen LogP contribution in [0.3, 0.4) is 0 Å². The maximum Gasteiger partial charge on any atom is 0.135 e. The maximum atomic E-state index is 6.17. The van der Waals surface area contributed by atoms with E-state index in [9.17, 15) is 0 Å². The van der Waals surface area contributed by atoms with E-state index in [0.717, 1.165) is 78.8 Å². The number of hydrogen-bond acceptors (Lipinski definition) is 8. The number of rotatable bonds is 12. The molecule has 14 aromatic carbocycles. The number of nitrogens with zero attached hydrogens (tertiary/aromatic N) is 4. The van der Waals surface area contributed by atoms with Crippen LogP contribution in [0.2, 0.25) is 0 Å². The minimum atomic E-state index is 0.898. The van der Waals surface area contributed by atoms with Crippen molar-refractivity contribution < 1.29 is 4.42 Å². The molecule has 0 amide bonds. The lowest BCUT2D eigenvalue weighted by molar-refractivity contribution is 0.669. The van der Waals surface area contributed by atoms with Gasteiger partial charge in [-0.05, 0) is 201 Å². The lowest BCUT2D eigenvalue weighted by Gasteiger charge is -2.27. The Morgan fingerprint density at radius 2 is 0.564 bits per heavy atom. The summed E-state index contributed by atoms with van der Waals surface area (Å²) >= 11 is 5.59. The van der Waals surface area contributed by atoms with Gasteiger partial charge < -0.3 is 24.0 Å². The Balaban J connectivity index is 0.000000143. The standard InChI is InChI=1S/C43H30N2OS.C43H30N2S2/c1-29-25-35(45(32-17-9-4-10-18-32)33-21-23-40-37(26-33)36-19-11-12-20-39(36)46-40)28-42-43(29)38-27-34(22-24-41(38)47-42)44(30-13-5-2-6-14-30)31-15-7-3-8-16-31;1-29-26-34(45(32-18-9-4-10-19-32)37-21-13-23-40-43(37)35-20-11-12-22-38(35)46-40)28-41-42(29)36-27-33(24-25-39(36)47-41)44(30-14-5-2-6-15-30)31-16-7-3-8-17-31/h2*2-28H,1H3. The van der Waals surface area contributed by atoms with Gasteiger partial charge in [-0.2, -0.15) is 0 Å². The molecular weight excluding hydrogens is 1200 g/mol. The highest BCUT2D eigenvalue weighted by molar-refractivity contribution is 7.26. The third kappa shape index (κ3) is 10.3. The number of furan rings is 1. The number of aryl methyl sites for hydroxylation is 2. The fourth-order valence-electron chi connectivity index (χ4n) is 13.7. The summed E-state index contributed by atoms with van der Waals surface area (Å²) in [6.07, 6.45) is 0. The van der Waals surface area contributed by atoms with Gasteiger partial charge in [0.25, 0.3) is 0 Å². The summed E-state index contributed by atoms with van der Waals surface area (Å²) in [5.41, 5.74) is 18.1. The van der Waals surface area contributed by atoms with Crippen molar-refractivity contribution in [2.45, 2.75) is 13.8 Å². The van der Waals surface area contributed by atoms with Crippen molar-refractivity contribution in [1.82, 2.24) is 0 Å². The lowest BCUT2D eigenvalue weighted by Crippen LogP contribution is -2.10. The van der Waals surface area contributed by atoms with Gasteiger partial charge in [-0.25, -0.2) is 0 Å². The SMILES string of the molecule is Cc1cc(N(c2ccccc2)c2ccc3oc4ccccc4c3c2)cc2sc3ccc(N(c4ccccc4)c4ccccc4)cc3c12.Cc1cc(N(c2ccccc2)c2cccc3sc4ccccc4c23)cc2sc3ccc(N(c4ccccc4)c4ccccc4)cc3c12. The Morgan fingerprint density at radius 1 is 0.213 bits per heavy atom. The average molecular weight is 1260 g/mol. The molecule has 0 N–H and O–H groups in total.